The molecular formula is C16H29NO2. The molecule has 1 saturated heterocycles. The fourth-order valence-corrected chi connectivity index (χ4v) is 3.73. The lowest BCUT2D eigenvalue weighted by atomic mass is 9.82. The molecule has 0 radical (unpaired) electrons. The lowest BCUT2D eigenvalue weighted by molar-refractivity contribution is -0.149. The van der Waals surface area contributed by atoms with Gasteiger partial charge in [0.25, 0.3) is 0 Å². The molecule has 110 valence electrons. The summed E-state index contributed by atoms with van der Waals surface area (Å²) in [6, 6.07) is 0.779. The number of piperidine rings is 1. The van der Waals surface area contributed by atoms with E-state index in [9.17, 15) is 4.79 Å². The molecule has 0 bridgehead atoms. The molecule has 0 spiro atoms. The van der Waals surface area contributed by atoms with Crippen molar-refractivity contribution in [1.82, 2.24) is 4.90 Å². The van der Waals surface area contributed by atoms with Crippen molar-refractivity contribution in [1.29, 1.82) is 0 Å². The summed E-state index contributed by atoms with van der Waals surface area (Å²) in [5.41, 5.74) is 0. The highest BCUT2D eigenvalue weighted by Gasteiger charge is 2.31. The first kappa shape index (κ1) is 14.8. The third-order valence-electron chi connectivity index (χ3n) is 5.00. The zero-order valence-electron chi connectivity index (χ0n) is 12.6. The Labute approximate surface area is 117 Å². The minimum atomic E-state index is 0.0252. The highest BCUT2D eigenvalue weighted by Crippen LogP contribution is 2.32. The number of likely N-dealkylation sites (tertiary alicyclic amines) is 1. The summed E-state index contributed by atoms with van der Waals surface area (Å²) < 4.78 is 5.14. The first-order valence-corrected chi connectivity index (χ1v) is 8.15. The molecule has 3 nitrogen and oxygen atoms in total. The third kappa shape index (κ3) is 3.95. The summed E-state index contributed by atoms with van der Waals surface area (Å²) in [4.78, 5) is 14.4. The van der Waals surface area contributed by atoms with Gasteiger partial charge in [0.2, 0.25) is 0 Å². The molecule has 2 unspecified atom stereocenters. The first-order chi connectivity index (χ1) is 9.24. The Balaban J connectivity index is 1.78. The molecule has 19 heavy (non-hydrogen) atoms. The fourth-order valence-electron chi connectivity index (χ4n) is 3.73. The van der Waals surface area contributed by atoms with E-state index < -0.39 is 0 Å². The summed E-state index contributed by atoms with van der Waals surface area (Å²) in [7, 11) is 0. The van der Waals surface area contributed by atoms with E-state index in [1.54, 1.807) is 0 Å². The summed E-state index contributed by atoms with van der Waals surface area (Å²) >= 11 is 0. The molecule has 2 rings (SSSR count). The molecule has 2 atom stereocenters. The van der Waals surface area contributed by atoms with Crippen LogP contribution in [0.25, 0.3) is 0 Å². The van der Waals surface area contributed by atoms with Crippen LogP contribution in [0.1, 0.15) is 58.8 Å². The first-order valence-electron chi connectivity index (χ1n) is 8.15. The minimum absolute atomic E-state index is 0.0252. The van der Waals surface area contributed by atoms with Crippen LogP contribution in [0.3, 0.4) is 0 Å². The zero-order valence-corrected chi connectivity index (χ0v) is 12.6. The van der Waals surface area contributed by atoms with E-state index in [0.717, 1.165) is 37.9 Å². The van der Waals surface area contributed by atoms with E-state index in [-0.39, 0.29) is 11.9 Å². The number of carbonyl (C=O) groups excluding carboxylic acids is 1. The molecule has 1 aliphatic carbocycles. The van der Waals surface area contributed by atoms with Crippen LogP contribution in [0.4, 0.5) is 0 Å². The number of carbonyl (C=O) groups is 1. The van der Waals surface area contributed by atoms with Crippen LogP contribution in [0.15, 0.2) is 0 Å². The van der Waals surface area contributed by atoms with Crippen molar-refractivity contribution < 1.29 is 9.53 Å². The van der Waals surface area contributed by atoms with Crippen molar-refractivity contribution in [2.75, 3.05) is 19.7 Å². The van der Waals surface area contributed by atoms with E-state index >= 15 is 0 Å². The van der Waals surface area contributed by atoms with E-state index in [1.165, 1.54) is 32.1 Å². The standard InChI is InChI=1S/C16H29NO2/c1-3-13-6-5-7-15(12-13)17-10-8-14(9-11-17)16(18)19-4-2/h13-15H,3-12H2,1-2H3. The molecule has 1 aliphatic heterocycles. The van der Waals surface area contributed by atoms with Gasteiger partial charge in [0.15, 0.2) is 0 Å². The maximum absolute atomic E-state index is 11.7. The van der Waals surface area contributed by atoms with E-state index in [2.05, 4.69) is 11.8 Å². The van der Waals surface area contributed by atoms with Gasteiger partial charge in [-0.2, -0.15) is 0 Å². The van der Waals surface area contributed by atoms with Crippen LogP contribution in [0, 0.1) is 11.8 Å². The molecule has 0 aromatic carbocycles. The molecular weight excluding hydrogens is 238 g/mol. The molecule has 3 heteroatoms. The number of hydrogen-bond acceptors (Lipinski definition) is 3. The SMILES string of the molecule is CCOC(=O)C1CCN(C2CCCC(CC)C2)CC1. The van der Waals surface area contributed by atoms with Gasteiger partial charge in [-0.15, -0.1) is 0 Å². The number of ether oxygens (including phenoxy) is 1. The van der Waals surface area contributed by atoms with Crippen molar-refractivity contribution in [3.05, 3.63) is 0 Å². The van der Waals surface area contributed by atoms with Gasteiger partial charge in [-0.3, -0.25) is 4.79 Å². The number of rotatable bonds is 4. The molecule has 0 N–H and O–H groups in total. The Kier molecular flexibility index (Phi) is 5.68. The van der Waals surface area contributed by atoms with Gasteiger partial charge in [0, 0.05) is 6.04 Å². The van der Waals surface area contributed by atoms with Gasteiger partial charge < -0.3 is 9.64 Å². The van der Waals surface area contributed by atoms with Gasteiger partial charge in [0.05, 0.1) is 12.5 Å². The lowest BCUT2D eigenvalue weighted by Gasteiger charge is -2.40. The van der Waals surface area contributed by atoms with E-state index in [1.807, 2.05) is 6.92 Å². The molecule has 0 amide bonds. The number of hydrogen-bond donors (Lipinski definition) is 0. The number of nitrogens with zero attached hydrogens (tertiary/aromatic N) is 1. The Hall–Kier alpha value is -0.570. The van der Waals surface area contributed by atoms with Crippen LogP contribution in [-0.4, -0.2) is 36.6 Å². The second kappa shape index (κ2) is 7.28. The summed E-state index contributed by atoms with van der Waals surface area (Å²) in [6.45, 7) is 6.90. The summed E-state index contributed by atoms with van der Waals surface area (Å²) in [6.07, 6.45) is 8.86. The normalized spacial score (nSPS) is 30.2. The summed E-state index contributed by atoms with van der Waals surface area (Å²) in [5.74, 6) is 1.11. The predicted octanol–water partition coefficient (Wildman–Crippen LogP) is 3.23. The minimum Gasteiger partial charge on any atom is -0.466 e. The highest BCUT2D eigenvalue weighted by molar-refractivity contribution is 5.72. The molecule has 2 fully saturated rings. The Morgan fingerprint density at radius 2 is 1.89 bits per heavy atom. The van der Waals surface area contributed by atoms with E-state index in [0.29, 0.717) is 6.61 Å². The monoisotopic (exact) mass is 267 g/mol. The molecule has 0 aromatic rings. The highest BCUT2D eigenvalue weighted by atomic mass is 16.5. The van der Waals surface area contributed by atoms with Crippen molar-refractivity contribution in [3.8, 4) is 0 Å². The van der Waals surface area contributed by atoms with Crippen LogP contribution >= 0.6 is 0 Å². The fraction of sp³-hybridized carbons (Fsp3) is 0.938. The van der Waals surface area contributed by atoms with Crippen LogP contribution in [0.5, 0.6) is 0 Å². The number of esters is 1. The predicted molar refractivity (Wildman–Crippen MR) is 77.0 cm³/mol. The molecule has 1 saturated carbocycles. The Morgan fingerprint density at radius 3 is 2.53 bits per heavy atom. The van der Waals surface area contributed by atoms with Crippen molar-refractivity contribution in [3.63, 3.8) is 0 Å². The van der Waals surface area contributed by atoms with Gasteiger partial charge in [-0.05, 0) is 51.6 Å². The van der Waals surface area contributed by atoms with Crippen molar-refractivity contribution in [2.45, 2.75) is 64.8 Å². The topological polar surface area (TPSA) is 29.5 Å². The Morgan fingerprint density at radius 1 is 1.16 bits per heavy atom. The van der Waals surface area contributed by atoms with Crippen molar-refractivity contribution in [2.24, 2.45) is 11.8 Å². The van der Waals surface area contributed by atoms with E-state index in [4.69, 9.17) is 4.74 Å². The summed E-state index contributed by atoms with van der Waals surface area (Å²) in [5, 5.41) is 0. The average molecular weight is 267 g/mol. The van der Waals surface area contributed by atoms with Gasteiger partial charge >= 0.3 is 5.97 Å². The largest absolute Gasteiger partial charge is 0.466 e. The second-order valence-electron chi connectivity index (χ2n) is 6.16. The van der Waals surface area contributed by atoms with Crippen LogP contribution < -0.4 is 0 Å². The molecule has 0 aromatic heterocycles. The quantitative estimate of drug-likeness (QED) is 0.732. The maximum Gasteiger partial charge on any atom is 0.309 e. The van der Waals surface area contributed by atoms with Gasteiger partial charge in [0.1, 0.15) is 0 Å². The van der Waals surface area contributed by atoms with Gasteiger partial charge in [-0.1, -0.05) is 26.2 Å². The maximum atomic E-state index is 11.7. The van der Waals surface area contributed by atoms with Crippen LogP contribution in [0.2, 0.25) is 0 Å². The smallest absolute Gasteiger partial charge is 0.309 e. The zero-order chi connectivity index (χ0) is 13.7. The second-order valence-corrected chi connectivity index (χ2v) is 6.16. The average Bonchev–Trinajstić information content (AvgIpc) is 2.48. The Bertz CT molecular complexity index is 284. The molecule has 2 aliphatic rings. The van der Waals surface area contributed by atoms with Crippen molar-refractivity contribution >= 4 is 5.97 Å². The molecule has 1 heterocycles. The lowest BCUT2D eigenvalue weighted by Crippen LogP contribution is -2.45. The van der Waals surface area contributed by atoms with Crippen LogP contribution in [-0.2, 0) is 9.53 Å². The third-order valence-corrected chi connectivity index (χ3v) is 5.00. The van der Waals surface area contributed by atoms with Gasteiger partial charge in [-0.25, -0.2) is 0 Å².